The Morgan fingerprint density at radius 3 is 2.92 bits per heavy atom. The van der Waals surface area contributed by atoms with E-state index in [1.807, 2.05) is 6.20 Å². The second kappa shape index (κ2) is 4.38. The molecule has 1 aliphatic rings. The summed E-state index contributed by atoms with van der Waals surface area (Å²) in [4.78, 5) is 8.30. The maximum atomic E-state index is 4.26. The first-order valence-electron chi connectivity index (χ1n) is 3.93. The Labute approximate surface area is 78.0 Å². The SMILES string of the molecule is Cl.c1cnc(C2CCNC2)cn1. The Morgan fingerprint density at radius 1 is 1.42 bits per heavy atom. The normalized spacial score (nSPS) is 21.8. The summed E-state index contributed by atoms with van der Waals surface area (Å²) in [5.41, 5.74) is 1.12. The lowest BCUT2D eigenvalue weighted by molar-refractivity contribution is 0.728. The van der Waals surface area contributed by atoms with Gasteiger partial charge in [0.1, 0.15) is 0 Å². The van der Waals surface area contributed by atoms with Crippen LogP contribution in [-0.4, -0.2) is 23.1 Å². The molecule has 1 aromatic rings. The van der Waals surface area contributed by atoms with E-state index in [0.29, 0.717) is 5.92 Å². The van der Waals surface area contributed by atoms with Crippen LogP contribution in [0.15, 0.2) is 18.6 Å². The van der Waals surface area contributed by atoms with E-state index in [1.54, 1.807) is 12.4 Å². The van der Waals surface area contributed by atoms with E-state index in [0.717, 1.165) is 18.8 Å². The molecule has 0 saturated carbocycles. The van der Waals surface area contributed by atoms with Crippen LogP contribution >= 0.6 is 12.4 Å². The molecule has 3 nitrogen and oxygen atoms in total. The third-order valence-corrected chi connectivity index (χ3v) is 2.06. The zero-order valence-corrected chi connectivity index (χ0v) is 7.55. The molecule has 0 spiro atoms. The van der Waals surface area contributed by atoms with E-state index >= 15 is 0 Å². The summed E-state index contributed by atoms with van der Waals surface area (Å²) in [6.45, 7) is 2.17. The van der Waals surface area contributed by atoms with Crippen LogP contribution in [0.4, 0.5) is 0 Å². The maximum absolute atomic E-state index is 4.26. The maximum Gasteiger partial charge on any atom is 0.0630 e. The number of aromatic nitrogens is 2. The summed E-state index contributed by atoms with van der Waals surface area (Å²) in [6.07, 6.45) is 6.52. The van der Waals surface area contributed by atoms with Crippen LogP contribution < -0.4 is 5.32 Å². The fourth-order valence-electron chi connectivity index (χ4n) is 1.43. The molecular formula is C8H12ClN3. The van der Waals surface area contributed by atoms with Crippen molar-refractivity contribution in [1.29, 1.82) is 0 Å². The van der Waals surface area contributed by atoms with Crippen molar-refractivity contribution in [2.75, 3.05) is 13.1 Å². The minimum Gasteiger partial charge on any atom is -0.316 e. The van der Waals surface area contributed by atoms with Crippen LogP contribution in [0.2, 0.25) is 0 Å². The highest BCUT2D eigenvalue weighted by molar-refractivity contribution is 5.85. The van der Waals surface area contributed by atoms with Gasteiger partial charge in [-0.3, -0.25) is 9.97 Å². The minimum atomic E-state index is 0. The number of rotatable bonds is 1. The fraction of sp³-hybridized carbons (Fsp3) is 0.500. The van der Waals surface area contributed by atoms with E-state index in [2.05, 4.69) is 15.3 Å². The van der Waals surface area contributed by atoms with Gasteiger partial charge in [0.25, 0.3) is 0 Å². The molecule has 1 fully saturated rings. The molecule has 66 valence electrons. The Morgan fingerprint density at radius 2 is 2.33 bits per heavy atom. The summed E-state index contributed by atoms with van der Waals surface area (Å²) in [5.74, 6) is 0.587. The summed E-state index contributed by atoms with van der Waals surface area (Å²) in [7, 11) is 0. The van der Waals surface area contributed by atoms with E-state index in [4.69, 9.17) is 0 Å². The first kappa shape index (κ1) is 9.42. The second-order valence-electron chi connectivity index (χ2n) is 2.82. The molecule has 0 aromatic carbocycles. The van der Waals surface area contributed by atoms with Crippen molar-refractivity contribution in [3.63, 3.8) is 0 Å². The first-order valence-corrected chi connectivity index (χ1v) is 3.93. The smallest absolute Gasteiger partial charge is 0.0630 e. The van der Waals surface area contributed by atoms with Gasteiger partial charge in [0, 0.05) is 31.1 Å². The molecule has 1 aliphatic heterocycles. The van der Waals surface area contributed by atoms with Crippen molar-refractivity contribution >= 4 is 12.4 Å². The average Bonchev–Trinajstić information content (AvgIpc) is 2.58. The number of hydrogen-bond acceptors (Lipinski definition) is 3. The summed E-state index contributed by atoms with van der Waals surface area (Å²) in [6, 6.07) is 0. The predicted octanol–water partition coefficient (Wildman–Crippen LogP) is 0.975. The Bertz CT molecular complexity index is 221. The molecular weight excluding hydrogens is 174 g/mol. The molecule has 0 aliphatic carbocycles. The van der Waals surface area contributed by atoms with Gasteiger partial charge in [0.2, 0.25) is 0 Å². The van der Waals surface area contributed by atoms with Crippen LogP contribution in [0.1, 0.15) is 18.0 Å². The van der Waals surface area contributed by atoms with Crippen molar-refractivity contribution in [3.05, 3.63) is 24.3 Å². The van der Waals surface area contributed by atoms with Crippen molar-refractivity contribution in [2.24, 2.45) is 0 Å². The first-order chi connectivity index (χ1) is 5.47. The van der Waals surface area contributed by atoms with Crippen molar-refractivity contribution in [2.45, 2.75) is 12.3 Å². The van der Waals surface area contributed by atoms with Gasteiger partial charge in [0.05, 0.1) is 5.69 Å². The minimum absolute atomic E-state index is 0. The van der Waals surface area contributed by atoms with E-state index < -0.39 is 0 Å². The van der Waals surface area contributed by atoms with Crippen molar-refractivity contribution in [3.8, 4) is 0 Å². The lowest BCUT2D eigenvalue weighted by Crippen LogP contribution is -2.08. The highest BCUT2D eigenvalue weighted by Crippen LogP contribution is 2.18. The van der Waals surface area contributed by atoms with Crippen LogP contribution in [0.25, 0.3) is 0 Å². The van der Waals surface area contributed by atoms with E-state index in [-0.39, 0.29) is 12.4 Å². The van der Waals surface area contributed by atoms with Gasteiger partial charge in [-0.2, -0.15) is 0 Å². The second-order valence-corrected chi connectivity index (χ2v) is 2.82. The lowest BCUT2D eigenvalue weighted by Gasteiger charge is -2.04. The van der Waals surface area contributed by atoms with E-state index in [1.165, 1.54) is 6.42 Å². The zero-order chi connectivity index (χ0) is 7.52. The van der Waals surface area contributed by atoms with E-state index in [9.17, 15) is 0 Å². The molecule has 1 aromatic heterocycles. The highest BCUT2D eigenvalue weighted by atomic mass is 35.5. The quantitative estimate of drug-likeness (QED) is 0.709. The number of halogens is 1. The lowest BCUT2D eigenvalue weighted by atomic mass is 10.1. The third kappa shape index (κ3) is 1.93. The molecule has 0 bridgehead atoms. The molecule has 12 heavy (non-hydrogen) atoms. The van der Waals surface area contributed by atoms with Crippen molar-refractivity contribution < 1.29 is 0 Å². The fourth-order valence-corrected chi connectivity index (χ4v) is 1.43. The molecule has 2 rings (SSSR count). The van der Waals surface area contributed by atoms with Gasteiger partial charge in [-0.25, -0.2) is 0 Å². The third-order valence-electron chi connectivity index (χ3n) is 2.06. The number of nitrogens with one attached hydrogen (secondary N) is 1. The largest absolute Gasteiger partial charge is 0.316 e. The van der Waals surface area contributed by atoms with Gasteiger partial charge >= 0.3 is 0 Å². The predicted molar refractivity (Wildman–Crippen MR) is 49.5 cm³/mol. The molecule has 2 heterocycles. The standard InChI is InChI=1S/C8H11N3.ClH/c1-2-9-5-7(1)8-6-10-3-4-11-8;/h3-4,6-7,9H,1-2,5H2;1H. The summed E-state index contributed by atoms with van der Waals surface area (Å²) >= 11 is 0. The highest BCUT2D eigenvalue weighted by Gasteiger charge is 2.17. The monoisotopic (exact) mass is 185 g/mol. The van der Waals surface area contributed by atoms with Crippen LogP contribution in [0.5, 0.6) is 0 Å². The molecule has 0 amide bonds. The van der Waals surface area contributed by atoms with Gasteiger partial charge in [0.15, 0.2) is 0 Å². The van der Waals surface area contributed by atoms with Gasteiger partial charge in [-0.15, -0.1) is 12.4 Å². The molecule has 1 saturated heterocycles. The average molecular weight is 186 g/mol. The molecule has 1 atom stereocenters. The van der Waals surface area contributed by atoms with Crippen LogP contribution in [0, 0.1) is 0 Å². The van der Waals surface area contributed by atoms with Gasteiger partial charge < -0.3 is 5.32 Å². The molecule has 4 heteroatoms. The summed E-state index contributed by atoms with van der Waals surface area (Å²) in [5, 5.41) is 3.30. The Hall–Kier alpha value is -0.670. The number of hydrogen-bond donors (Lipinski definition) is 1. The summed E-state index contributed by atoms with van der Waals surface area (Å²) < 4.78 is 0. The molecule has 1 unspecified atom stereocenters. The van der Waals surface area contributed by atoms with Crippen LogP contribution in [0.3, 0.4) is 0 Å². The number of nitrogens with zero attached hydrogens (tertiary/aromatic N) is 2. The Balaban J connectivity index is 0.000000720. The van der Waals surface area contributed by atoms with Gasteiger partial charge in [-0.1, -0.05) is 0 Å². The zero-order valence-electron chi connectivity index (χ0n) is 6.73. The van der Waals surface area contributed by atoms with Crippen LogP contribution in [-0.2, 0) is 0 Å². The molecule has 1 N–H and O–H groups in total. The van der Waals surface area contributed by atoms with Crippen molar-refractivity contribution in [1.82, 2.24) is 15.3 Å². The topological polar surface area (TPSA) is 37.8 Å². The molecule has 0 radical (unpaired) electrons. The Kier molecular flexibility index (Phi) is 3.44. The van der Waals surface area contributed by atoms with Gasteiger partial charge in [-0.05, 0) is 13.0 Å².